The molecule has 0 saturated carbocycles. The highest BCUT2D eigenvalue weighted by atomic mass is 79.9. The van der Waals surface area contributed by atoms with Crippen LogP contribution in [0.5, 0.6) is 11.8 Å². The second kappa shape index (κ2) is 27.6. The van der Waals surface area contributed by atoms with Crippen LogP contribution in [0.2, 0.25) is 0 Å². The van der Waals surface area contributed by atoms with Crippen molar-refractivity contribution in [2.45, 2.75) is 93.7 Å². The summed E-state index contributed by atoms with van der Waals surface area (Å²) in [6.07, 6.45) is 5.74. The van der Waals surface area contributed by atoms with Crippen molar-refractivity contribution >= 4 is 53.0 Å². The lowest BCUT2D eigenvalue weighted by atomic mass is 9.90. The molecule has 4 aromatic heterocycles. The largest absolute Gasteiger partial charge is 0.486 e. The Morgan fingerprint density at radius 1 is 0.583 bits per heavy atom. The van der Waals surface area contributed by atoms with Crippen molar-refractivity contribution in [1.82, 2.24) is 29.9 Å². The lowest BCUT2D eigenvalue weighted by Gasteiger charge is -2.32. The summed E-state index contributed by atoms with van der Waals surface area (Å²) < 4.78 is 34.0. The predicted octanol–water partition coefficient (Wildman–Crippen LogP) is 10.7. The minimum atomic E-state index is -0.399. The van der Waals surface area contributed by atoms with Crippen LogP contribution in [0.3, 0.4) is 0 Å². The van der Waals surface area contributed by atoms with Crippen LogP contribution in [0.15, 0.2) is 120 Å². The van der Waals surface area contributed by atoms with Crippen molar-refractivity contribution in [2.75, 3.05) is 36.9 Å². The first-order valence-electron chi connectivity index (χ1n) is 23.6. The smallest absolute Gasteiger partial charge is 0.473 e. The molecule has 1 aliphatic rings. The molecule has 7 rings (SSSR count). The van der Waals surface area contributed by atoms with Gasteiger partial charge < -0.3 is 38.9 Å². The highest BCUT2D eigenvalue weighted by Gasteiger charge is 2.50. The van der Waals surface area contributed by atoms with Gasteiger partial charge in [-0.1, -0.05) is 90.9 Å². The van der Waals surface area contributed by atoms with E-state index in [1.165, 1.54) is 0 Å². The van der Waals surface area contributed by atoms with E-state index in [2.05, 4.69) is 56.5 Å². The van der Waals surface area contributed by atoms with Crippen LogP contribution in [-0.2, 0) is 32.0 Å². The number of esters is 2. The third-order valence-corrected chi connectivity index (χ3v) is 11.4. The second-order valence-corrected chi connectivity index (χ2v) is 17.9. The van der Waals surface area contributed by atoms with Crippen LogP contribution in [0.1, 0.15) is 102 Å². The number of nitrogens with one attached hydrogen (secondary N) is 2. The molecular weight excluding hydrogens is 979 g/mol. The minimum Gasteiger partial charge on any atom is -0.473 e. The number of carbonyl (C=O) groups excluding carboxylic acids is 2. The van der Waals surface area contributed by atoms with Gasteiger partial charge in [-0.15, -0.1) is 0 Å². The molecule has 18 heteroatoms. The Hall–Kier alpha value is -7.02. The number of hydrogen-bond acceptors (Lipinski definition) is 16. The molecule has 0 radical (unpaired) electrons. The van der Waals surface area contributed by atoms with Crippen molar-refractivity contribution in [3.63, 3.8) is 0 Å². The molecule has 1 saturated heterocycles. The number of benzene rings is 2. The van der Waals surface area contributed by atoms with Crippen LogP contribution < -0.4 is 20.1 Å². The van der Waals surface area contributed by atoms with E-state index in [0.717, 1.165) is 21.4 Å². The Balaban J connectivity index is 0.000000212. The zero-order valence-corrected chi connectivity index (χ0v) is 44.3. The molecule has 5 heterocycles. The summed E-state index contributed by atoms with van der Waals surface area (Å²) in [4.78, 5) is 50.0. The summed E-state index contributed by atoms with van der Waals surface area (Å²) in [5.41, 5.74) is 5.51. The van der Waals surface area contributed by atoms with Gasteiger partial charge in [0.05, 0.1) is 52.9 Å². The zero-order valence-electron chi connectivity index (χ0n) is 42.7. The number of aryl methyl sites for hydroxylation is 4. The molecule has 0 unspecified atom stereocenters. The quantitative estimate of drug-likeness (QED) is 0.0469. The SMILES string of the molecule is Brc1cccc(OCc2ccccc2)n1.CCOC(=O)c1c(C)nc(NC/C=C/B2OC(C)(C)C(C)(C)O2)nc1C.CCOC(=O)c1c(C)nc(NC/C=C/c2cccc(OCc3ccccc3)n2)nc1C. The van der Waals surface area contributed by atoms with Crippen LogP contribution in [0.25, 0.3) is 6.08 Å². The van der Waals surface area contributed by atoms with Crippen LogP contribution in [0, 0.1) is 27.7 Å². The first-order chi connectivity index (χ1) is 34.5. The predicted molar refractivity (Wildman–Crippen MR) is 284 cm³/mol. The molecule has 378 valence electrons. The van der Waals surface area contributed by atoms with Crippen LogP contribution in [0.4, 0.5) is 11.9 Å². The maximum Gasteiger partial charge on any atom is 0.486 e. The number of halogens is 1. The van der Waals surface area contributed by atoms with Crippen LogP contribution >= 0.6 is 15.9 Å². The van der Waals surface area contributed by atoms with Crippen molar-refractivity contribution in [2.24, 2.45) is 0 Å². The van der Waals surface area contributed by atoms with E-state index in [4.69, 9.17) is 28.3 Å². The second-order valence-electron chi connectivity index (χ2n) is 17.1. The number of nitrogens with zero attached hydrogens (tertiary/aromatic N) is 6. The third kappa shape index (κ3) is 17.4. The van der Waals surface area contributed by atoms with Gasteiger partial charge in [0, 0.05) is 25.2 Å². The molecule has 0 spiro atoms. The first-order valence-corrected chi connectivity index (χ1v) is 24.4. The fourth-order valence-corrected chi connectivity index (χ4v) is 7.08. The molecule has 16 nitrogen and oxygen atoms in total. The van der Waals surface area contributed by atoms with Crippen LogP contribution in [-0.4, -0.2) is 86.5 Å². The standard InChI is InChI=1S/C24H26N4O3.C18H28BN3O4.C12H10BrNO/c1-4-30-23(29)22-17(2)26-24(27-18(22)3)25-15-9-13-20-12-8-14-21(28-20)31-16-19-10-6-5-7-11-19;1-8-24-15(23)14-12(2)21-16(22-13(14)3)20-11-9-10-19-25-17(4,5)18(6,7)26-19;13-11-7-4-8-12(14-11)15-9-10-5-2-1-3-6-10/h5-14H,4,15-16H2,1-3H3,(H,25,26,27);9-10H,8,11H2,1-7H3,(H,20,21,22);1-8H,9H2/b13-9+;10-9+;. The van der Waals surface area contributed by atoms with E-state index >= 15 is 0 Å². The van der Waals surface area contributed by atoms with Gasteiger partial charge in [0.2, 0.25) is 23.7 Å². The molecule has 1 fully saturated rings. The maximum absolute atomic E-state index is 12.0. The van der Waals surface area contributed by atoms with Crippen molar-refractivity contribution < 1.29 is 37.8 Å². The minimum absolute atomic E-state index is 0.315. The van der Waals surface area contributed by atoms with E-state index < -0.39 is 11.9 Å². The average molecular weight is 1040 g/mol. The molecule has 1 aliphatic heterocycles. The van der Waals surface area contributed by atoms with Crippen molar-refractivity contribution in [3.8, 4) is 11.8 Å². The Morgan fingerprint density at radius 3 is 1.46 bits per heavy atom. The van der Waals surface area contributed by atoms with Gasteiger partial charge in [-0.25, -0.2) is 39.5 Å². The van der Waals surface area contributed by atoms with Crippen molar-refractivity contribution in [1.29, 1.82) is 0 Å². The Morgan fingerprint density at radius 2 is 1.01 bits per heavy atom. The fraction of sp³-hybridized carbons (Fsp3) is 0.333. The average Bonchev–Trinajstić information content (AvgIpc) is 3.55. The molecular formula is C54H64BBrN8O8. The molecule has 2 N–H and O–H groups in total. The monoisotopic (exact) mass is 1040 g/mol. The Bertz CT molecular complexity index is 2700. The molecule has 0 atom stereocenters. The topological polar surface area (TPSA) is 191 Å². The molecule has 0 amide bonds. The van der Waals surface area contributed by atoms with Gasteiger partial charge >= 0.3 is 19.1 Å². The van der Waals surface area contributed by atoms with Gasteiger partial charge in [-0.2, -0.15) is 0 Å². The summed E-state index contributed by atoms with van der Waals surface area (Å²) in [5.74, 6) is 3.21. The van der Waals surface area contributed by atoms with E-state index in [0.29, 0.717) is 97.1 Å². The fourth-order valence-electron chi connectivity index (χ4n) is 6.75. The van der Waals surface area contributed by atoms with Gasteiger partial charge in [0.1, 0.15) is 28.9 Å². The number of carbonyl (C=O) groups is 2. The Labute approximate surface area is 431 Å². The number of aromatic nitrogens is 6. The molecule has 0 aliphatic carbocycles. The Kier molecular flexibility index (Phi) is 21.4. The number of rotatable bonds is 18. The van der Waals surface area contributed by atoms with Crippen molar-refractivity contribution in [3.05, 3.63) is 171 Å². The summed E-state index contributed by atoms with van der Waals surface area (Å²) in [7, 11) is -0.377. The number of ether oxygens (including phenoxy) is 4. The van der Waals surface area contributed by atoms with E-state index in [1.807, 2.05) is 149 Å². The number of pyridine rings is 2. The summed E-state index contributed by atoms with van der Waals surface area (Å²) in [6.45, 7) is 21.4. The maximum atomic E-state index is 12.0. The molecule has 2 aromatic carbocycles. The van der Waals surface area contributed by atoms with Gasteiger partial charge in [0.25, 0.3) is 0 Å². The lowest BCUT2D eigenvalue weighted by molar-refractivity contribution is 0.00578. The van der Waals surface area contributed by atoms with Gasteiger partial charge in [-0.3, -0.25) is 0 Å². The normalized spacial score (nSPS) is 13.3. The lowest BCUT2D eigenvalue weighted by Crippen LogP contribution is -2.41. The molecule has 6 aromatic rings. The number of hydrogen-bond donors (Lipinski definition) is 2. The highest BCUT2D eigenvalue weighted by molar-refractivity contribution is 9.10. The molecule has 0 bridgehead atoms. The molecule has 72 heavy (non-hydrogen) atoms. The van der Waals surface area contributed by atoms with Gasteiger partial charge in [-0.05, 0) is 115 Å². The highest BCUT2D eigenvalue weighted by Crippen LogP contribution is 2.37. The summed E-state index contributed by atoms with van der Waals surface area (Å²) in [5, 5.41) is 6.25. The summed E-state index contributed by atoms with van der Waals surface area (Å²) >= 11 is 3.30. The van der Waals surface area contributed by atoms with E-state index in [9.17, 15) is 9.59 Å². The summed E-state index contributed by atoms with van der Waals surface area (Å²) in [6, 6.07) is 31.3. The number of anilines is 2. The van der Waals surface area contributed by atoms with E-state index in [-0.39, 0.29) is 18.3 Å². The van der Waals surface area contributed by atoms with E-state index in [1.54, 1.807) is 41.5 Å². The first kappa shape index (κ1) is 55.9. The third-order valence-electron chi connectivity index (χ3n) is 11.0. The zero-order chi connectivity index (χ0) is 52.1. The van der Waals surface area contributed by atoms with Gasteiger partial charge in [0.15, 0.2) is 0 Å².